The number of fused-ring (bicyclic) bond motifs is 9. The van der Waals surface area contributed by atoms with Gasteiger partial charge in [-0.1, -0.05) is 18.2 Å². The van der Waals surface area contributed by atoms with E-state index in [1.165, 1.54) is 23.2 Å². The summed E-state index contributed by atoms with van der Waals surface area (Å²) in [5.41, 5.74) is 3.54. The molecule has 256 valence electrons. The molecule has 4 heterocycles. The van der Waals surface area contributed by atoms with Gasteiger partial charge in [0.05, 0.1) is 17.3 Å². The molecular formula is C37H34FN5O7. The van der Waals surface area contributed by atoms with Gasteiger partial charge in [-0.2, -0.15) is 0 Å². The average Bonchev–Trinajstić information content (AvgIpc) is 3.11. The number of pyridine rings is 1. The van der Waals surface area contributed by atoms with Gasteiger partial charge in [-0.05, 0) is 66.1 Å². The number of halogens is 1. The normalized spacial score (nSPS) is 19.1. The standard InChI is InChI=1S/C37H34FN5O7/c1-22-5-6-33-31(9-22)43(36(46)21-49-33)19-35(45)42-8-7-32-30(18-42)41-37(47)26-12-25(16-39-17-26)24-3-2-4-28(13-24)48-20-34(44)40-15-23-10-27(38)14-29(11-23)50-32/h2-6,9-14,16-17,30,32H,7-8,15,18-21H2,1H3,(H,40,44)(H,41,47)/t30-,32+/m1/s1. The molecule has 2 N–H and O–H groups in total. The van der Waals surface area contributed by atoms with Crippen molar-refractivity contribution < 1.29 is 37.8 Å². The SMILES string of the molecule is Cc1ccc2c(c1)N(CC(=O)N1CC[C@@H]3Oc4cc(F)cc(c4)CNC(=O)COc4cccc(c4)-c4cncc(c4)C(=O)N[C@@H]3C1)C(=O)CO2. The smallest absolute Gasteiger partial charge is 0.265 e. The molecule has 4 aromatic rings. The molecular weight excluding hydrogens is 645 g/mol. The zero-order valence-corrected chi connectivity index (χ0v) is 27.2. The van der Waals surface area contributed by atoms with Crippen molar-refractivity contribution in [1.82, 2.24) is 20.5 Å². The molecule has 0 radical (unpaired) electrons. The van der Waals surface area contributed by atoms with Crippen molar-refractivity contribution in [2.45, 2.75) is 32.0 Å². The maximum Gasteiger partial charge on any atom is 0.265 e. The Morgan fingerprint density at radius 2 is 1.80 bits per heavy atom. The number of carbonyl (C=O) groups excluding carboxylic acids is 4. The highest BCUT2D eigenvalue weighted by Crippen LogP contribution is 2.33. The molecule has 0 spiro atoms. The second-order valence-corrected chi connectivity index (χ2v) is 12.5. The van der Waals surface area contributed by atoms with E-state index < -0.39 is 29.8 Å². The number of hydrogen-bond acceptors (Lipinski definition) is 8. The first kappa shape index (κ1) is 32.6. The van der Waals surface area contributed by atoms with Gasteiger partial charge in [-0.25, -0.2) is 4.39 Å². The van der Waals surface area contributed by atoms with Crippen molar-refractivity contribution >= 4 is 29.3 Å². The fourth-order valence-corrected chi connectivity index (χ4v) is 6.26. The van der Waals surface area contributed by atoms with Gasteiger partial charge in [0, 0.05) is 50.1 Å². The molecule has 3 aliphatic heterocycles. The highest BCUT2D eigenvalue weighted by atomic mass is 19.1. The number of rotatable bonds is 2. The zero-order valence-electron chi connectivity index (χ0n) is 27.2. The lowest BCUT2D eigenvalue weighted by Crippen LogP contribution is -2.59. The van der Waals surface area contributed by atoms with Crippen molar-refractivity contribution in [2.24, 2.45) is 0 Å². The minimum Gasteiger partial charge on any atom is -0.488 e. The summed E-state index contributed by atoms with van der Waals surface area (Å²) in [5.74, 6) is -0.883. The lowest BCUT2D eigenvalue weighted by Gasteiger charge is -2.40. The van der Waals surface area contributed by atoms with Crippen LogP contribution >= 0.6 is 0 Å². The summed E-state index contributed by atoms with van der Waals surface area (Å²) in [6.07, 6.45) is 2.71. The Kier molecular flexibility index (Phi) is 9.03. The molecule has 50 heavy (non-hydrogen) atoms. The summed E-state index contributed by atoms with van der Waals surface area (Å²) in [7, 11) is 0. The van der Waals surface area contributed by atoms with Crippen molar-refractivity contribution in [3.63, 3.8) is 0 Å². The van der Waals surface area contributed by atoms with E-state index in [0.717, 1.165) is 11.1 Å². The second kappa shape index (κ2) is 13.9. The number of benzene rings is 3. The zero-order chi connectivity index (χ0) is 34.8. The van der Waals surface area contributed by atoms with E-state index in [1.54, 1.807) is 53.6 Å². The van der Waals surface area contributed by atoms with Crippen LogP contribution in [0.15, 0.2) is 79.1 Å². The maximum absolute atomic E-state index is 14.8. The van der Waals surface area contributed by atoms with Gasteiger partial charge < -0.3 is 29.7 Å². The second-order valence-electron chi connectivity index (χ2n) is 12.5. The number of piperidine rings is 1. The number of ether oxygens (including phenoxy) is 3. The van der Waals surface area contributed by atoms with Crippen LogP contribution in [0.2, 0.25) is 0 Å². The average molecular weight is 680 g/mol. The minimum atomic E-state index is -0.719. The van der Waals surface area contributed by atoms with Crippen LogP contribution in [0.25, 0.3) is 11.1 Å². The molecule has 12 nitrogen and oxygen atoms in total. The third-order valence-corrected chi connectivity index (χ3v) is 8.82. The van der Waals surface area contributed by atoms with E-state index in [-0.39, 0.29) is 62.5 Å². The number of anilines is 1. The number of aromatic nitrogens is 1. The van der Waals surface area contributed by atoms with E-state index in [1.807, 2.05) is 19.1 Å². The minimum absolute atomic E-state index is 0.0316. The van der Waals surface area contributed by atoms with Crippen molar-refractivity contribution in [3.8, 4) is 28.4 Å². The highest BCUT2D eigenvalue weighted by molar-refractivity contribution is 6.02. The first-order valence-electron chi connectivity index (χ1n) is 16.2. The van der Waals surface area contributed by atoms with Crippen LogP contribution in [-0.4, -0.2) is 78.5 Å². The van der Waals surface area contributed by atoms with Crippen LogP contribution < -0.4 is 29.7 Å². The van der Waals surface area contributed by atoms with Crippen LogP contribution in [0.5, 0.6) is 17.2 Å². The van der Waals surface area contributed by atoms with Crippen molar-refractivity contribution in [3.05, 3.63) is 102 Å². The van der Waals surface area contributed by atoms with Gasteiger partial charge in [-0.15, -0.1) is 0 Å². The molecule has 1 fully saturated rings. The molecule has 3 aromatic carbocycles. The summed E-state index contributed by atoms with van der Waals surface area (Å²) in [5, 5.41) is 5.76. The maximum atomic E-state index is 14.8. The summed E-state index contributed by atoms with van der Waals surface area (Å²) in [6, 6.07) is 17.6. The Morgan fingerprint density at radius 1 is 0.940 bits per heavy atom. The number of carbonyl (C=O) groups is 4. The van der Waals surface area contributed by atoms with E-state index in [2.05, 4.69) is 15.6 Å². The van der Waals surface area contributed by atoms with E-state index in [9.17, 15) is 23.6 Å². The summed E-state index contributed by atoms with van der Waals surface area (Å²) in [4.78, 5) is 60.3. The fraction of sp³-hybridized carbons (Fsp3) is 0.270. The van der Waals surface area contributed by atoms with Crippen LogP contribution in [0.1, 0.15) is 27.9 Å². The highest BCUT2D eigenvalue weighted by Gasteiger charge is 2.36. The Bertz CT molecular complexity index is 1990. The molecule has 0 aliphatic carbocycles. The van der Waals surface area contributed by atoms with E-state index in [0.29, 0.717) is 34.7 Å². The van der Waals surface area contributed by atoms with Crippen LogP contribution in [0.4, 0.5) is 10.1 Å². The first-order chi connectivity index (χ1) is 24.2. The molecule has 3 aliphatic rings. The first-order valence-corrected chi connectivity index (χ1v) is 16.2. The van der Waals surface area contributed by atoms with Gasteiger partial charge in [-0.3, -0.25) is 29.1 Å². The number of nitrogens with zero attached hydrogens (tertiary/aromatic N) is 3. The molecule has 2 atom stereocenters. The fourth-order valence-electron chi connectivity index (χ4n) is 6.26. The van der Waals surface area contributed by atoms with Gasteiger partial charge in [0.25, 0.3) is 17.7 Å². The molecule has 0 unspecified atom stereocenters. The number of nitrogens with one attached hydrogen (secondary N) is 2. The third-order valence-electron chi connectivity index (χ3n) is 8.82. The topological polar surface area (TPSA) is 139 Å². The molecule has 1 aromatic heterocycles. The number of likely N-dealkylation sites (tertiary alicyclic amines) is 1. The van der Waals surface area contributed by atoms with Gasteiger partial charge >= 0.3 is 0 Å². The lowest BCUT2D eigenvalue weighted by molar-refractivity contribution is -0.134. The summed E-state index contributed by atoms with van der Waals surface area (Å²) >= 11 is 0. The number of amides is 4. The molecule has 4 amide bonds. The van der Waals surface area contributed by atoms with Crippen LogP contribution in [0, 0.1) is 12.7 Å². The Hall–Kier alpha value is -5.98. The van der Waals surface area contributed by atoms with Crippen LogP contribution in [0.3, 0.4) is 0 Å². The Morgan fingerprint density at radius 3 is 2.68 bits per heavy atom. The monoisotopic (exact) mass is 679 g/mol. The van der Waals surface area contributed by atoms with Gasteiger partial charge in [0.1, 0.15) is 35.7 Å². The lowest BCUT2D eigenvalue weighted by atomic mass is 10.00. The Balaban J connectivity index is 1.18. The molecule has 13 heteroatoms. The van der Waals surface area contributed by atoms with Crippen molar-refractivity contribution in [2.75, 3.05) is 37.7 Å². The third kappa shape index (κ3) is 7.21. The molecule has 1 saturated heterocycles. The predicted molar refractivity (Wildman–Crippen MR) is 179 cm³/mol. The van der Waals surface area contributed by atoms with Crippen molar-refractivity contribution in [1.29, 1.82) is 0 Å². The molecule has 0 saturated carbocycles. The molecule has 7 rings (SSSR count). The summed E-state index contributed by atoms with van der Waals surface area (Å²) in [6.45, 7) is 1.61. The Labute approximate surface area is 287 Å². The summed E-state index contributed by atoms with van der Waals surface area (Å²) < 4.78 is 32.3. The van der Waals surface area contributed by atoms with E-state index >= 15 is 0 Å². The van der Waals surface area contributed by atoms with Gasteiger partial charge in [0.2, 0.25) is 5.91 Å². The van der Waals surface area contributed by atoms with Gasteiger partial charge in [0.15, 0.2) is 13.2 Å². The number of hydrogen-bond donors (Lipinski definition) is 2. The molecule has 6 bridgehead atoms. The number of aryl methyl sites for hydroxylation is 1. The quantitative estimate of drug-likeness (QED) is 0.329. The predicted octanol–water partition coefficient (Wildman–Crippen LogP) is 3.41. The van der Waals surface area contributed by atoms with E-state index in [4.69, 9.17) is 14.2 Å². The van der Waals surface area contributed by atoms with Crippen LogP contribution in [-0.2, 0) is 20.9 Å². The largest absolute Gasteiger partial charge is 0.488 e.